The van der Waals surface area contributed by atoms with E-state index in [9.17, 15) is 0 Å². The molecule has 1 aromatic rings. The van der Waals surface area contributed by atoms with Crippen LogP contribution in [-0.2, 0) is 10.8 Å². The lowest BCUT2D eigenvalue weighted by Gasteiger charge is -2.49. The zero-order valence-corrected chi connectivity index (χ0v) is 12.6. The Morgan fingerprint density at radius 3 is 1.85 bits per heavy atom. The summed E-state index contributed by atoms with van der Waals surface area (Å²) in [4.78, 5) is 2.62. The van der Waals surface area contributed by atoms with E-state index in [-0.39, 0.29) is 6.04 Å². The zero-order valence-electron chi connectivity index (χ0n) is 12.6. The molecule has 5 rings (SSSR count). The summed E-state index contributed by atoms with van der Waals surface area (Å²) in [6, 6.07) is 9.87. The van der Waals surface area contributed by atoms with E-state index in [4.69, 9.17) is 5.73 Å². The minimum absolute atomic E-state index is 0.282. The van der Waals surface area contributed by atoms with Crippen LogP contribution in [0.3, 0.4) is 0 Å². The fourth-order valence-corrected chi connectivity index (χ4v) is 4.56. The summed E-state index contributed by atoms with van der Waals surface area (Å²) in [5.74, 6) is 0. The van der Waals surface area contributed by atoms with Crippen LogP contribution in [0.4, 0.5) is 0 Å². The molecule has 1 saturated carbocycles. The number of nitrogens with two attached hydrogens (primary N) is 1. The molecular weight excluding hydrogens is 244 g/mol. The molecule has 1 aliphatic carbocycles. The summed E-state index contributed by atoms with van der Waals surface area (Å²) in [5, 5.41) is 0. The van der Waals surface area contributed by atoms with Gasteiger partial charge in [-0.1, -0.05) is 24.3 Å². The van der Waals surface area contributed by atoms with Gasteiger partial charge in [-0.25, -0.2) is 0 Å². The van der Waals surface area contributed by atoms with E-state index in [1.54, 1.807) is 5.56 Å². The fourth-order valence-electron chi connectivity index (χ4n) is 4.56. The third-order valence-electron chi connectivity index (χ3n) is 6.45. The van der Waals surface area contributed by atoms with Crippen molar-refractivity contribution in [2.24, 2.45) is 5.73 Å². The maximum atomic E-state index is 6.20. The molecule has 1 unspecified atom stereocenters. The van der Waals surface area contributed by atoms with Crippen LogP contribution in [-0.4, -0.2) is 30.6 Å². The van der Waals surface area contributed by atoms with Crippen molar-refractivity contribution in [1.29, 1.82) is 0 Å². The zero-order chi connectivity index (χ0) is 13.8. The third-order valence-corrected chi connectivity index (χ3v) is 6.45. The van der Waals surface area contributed by atoms with Gasteiger partial charge in [-0.15, -0.1) is 0 Å². The minimum atomic E-state index is 0.282. The first-order chi connectivity index (χ1) is 9.65. The van der Waals surface area contributed by atoms with Gasteiger partial charge in [0, 0.05) is 11.5 Å². The van der Waals surface area contributed by atoms with Crippen LogP contribution in [0.2, 0.25) is 0 Å². The van der Waals surface area contributed by atoms with Crippen LogP contribution in [0.5, 0.6) is 0 Å². The van der Waals surface area contributed by atoms with Gasteiger partial charge in [0.05, 0.1) is 0 Å². The van der Waals surface area contributed by atoms with Crippen molar-refractivity contribution < 1.29 is 0 Å². The molecule has 4 aliphatic rings. The molecule has 0 aromatic heterocycles. The standard InChI is InChI=1S/C18H26N2/c1-14(19)18(6-7-18)16-4-2-15(3-5-16)17-8-11-20(12-9-17)13-10-17/h2-5,14H,6-13,19H2,1H3. The summed E-state index contributed by atoms with van der Waals surface area (Å²) in [7, 11) is 0. The monoisotopic (exact) mass is 270 g/mol. The first-order valence-corrected chi connectivity index (χ1v) is 8.24. The van der Waals surface area contributed by atoms with E-state index in [0.717, 1.165) is 0 Å². The molecular formula is C18H26N2. The summed E-state index contributed by atoms with van der Waals surface area (Å²) in [6.07, 6.45) is 6.59. The normalized spacial score (nSPS) is 35.8. The second-order valence-corrected chi connectivity index (χ2v) is 7.39. The molecule has 0 amide bonds. The molecule has 2 bridgehead atoms. The van der Waals surface area contributed by atoms with Gasteiger partial charge < -0.3 is 10.6 Å². The van der Waals surface area contributed by atoms with Crippen molar-refractivity contribution in [1.82, 2.24) is 4.90 Å². The van der Waals surface area contributed by atoms with Crippen LogP contribution in [0.15, 0.2) is 24.3 Å². The number of hydrogen-bond donors (Lipinski definition) is 1. The van der Waals surface area contributed by atoms with Crippen LogP contribution in [0.1, 0.15) is 50.2 Å². The highest BCUT2D eigenvalue weighted by molar-refractivity contribution is 5.38. The summed E-state index contributed by atoms with van der Waals surface area (Å²) in [5.41, 5.74) is 10.0. The molecule has 2 N–H and O–H groups in total. The van der Waals surface area contributed by atoms with E-state index in [0.29, 0.717) is 10.8 Å². The first-order valence-electron chi connectivity index (χ1n) is 8.24. The van der Waals surface area contributed by atoms with E-state index < -0.39 is 0 Å². The summed E-state index contributed by atoms with van der Waals surface area (Å²) < 4.78 is 0. The van der Waals surface area contributed by atoms with Gasteiger partial charge in [0.25, 0.3) is 0 Å². The molecule has 2 heteroatoms. The fraction of sp³-hybridized carbons (Fsp3) is 0.667. The second kappa shape index (κ2) is 4.32. The Morgan fingerprint density at radius 1 is 0.900 bits per heavy atom. The number of fused-ring (bicyclic) bond motifs is 3. The van der Waals surface area contributed by atoms with Gasteiger partial charge >= 0.3 is 0 Å². The van der Waals surface area contributed by atoms with Crippen LogP contribution < -0.4 is 5.73 Å². The molecule has 2 nitrogen and oxygen atoms in total. The lowest BCUT2D eigenvalue weighted by Crippen LogP contribution is -2.50. The Morgan fingerprint density at radius 2 is 1.40 bits per heavy atom. The molecule has 3 saturated heterocycles. The molecule has 1 aromatic carbocycles. The topological polar surface area (TPSA) is 29.3 Å². The Kier molecular flexibility index (Phi) is 2.77. The van der Waals surface area contributed by atoms with Crippen LogP contribution in [0, 0.1) is 0 Å². The molecule has 3 aliphatic heterocycles. The highest BCUT2D eigenvalue weighted by Gasteiger charge is 2.47. The number of nitrogens with zero attached hydrogens (tertiary/aromatic N) is 1. The Labute approximate surface area is 122 Å². The number of rotatable bonds is 3. The third kappa shape index (κ3) is 1.78. The van der Waals surface area contributed by atoms with Crippen LogP contribution >= 0.6 is 0 Å². The van der Waals surface area contributed by atoms with Crippen molar-refractivity contribution >= 4 is 0 Å². The van der Waals surface area contributed by atoms with E-state index >= 15 is 0 Å². The molecule has 3 heterocycles. The molecule has 0 spiro atoms. The van der Waals surface area contributed by atoms with Gasteiger partial charge in [-0.3, -0.25) is 0 Å². The van der Waals surface area contributed by atoms with Gasteiger partial charge in [-0.05, 0) is 75.2 Å². The van der Waals surface area contributed by atoms with E-state index in [1.807, 2.05) is 0 Å². The lowest BCUT2D eigenvalue weighted by molar-refractivity contribution is 0.0817. The first kappa shape index (κ1) is 12.8. The summed E-state index contributed by atoms with van der Waals surface area (Å²) in [6.45, 7) is 6.05. The predicted octanol–water partition coefficient (Wildman–Crippen LogP) is 2.80. The summed E-state index contributed by atoms with van der Waals surface area (Å²) >= 11 is 0. The highest BCUT2D eigenvalue weighted by atomic mass is 15.1. The minimum Gasteiger partial charge on any atom is -0.327 e. The second-order valence-electron chi connectivity index (χ2n) is 7.39. The Balaban J connectivity index is 1.62. The van der Waals surface area contributed by atoms with Crippen molar-refractivity contribution in [3.63, 3.8) is 0 Å². The molecule has 4 fully saturated rings. The SMILES string of the molecule is CC(N)C1(c2ccc(C34CCN(CC3)CC4)cc2)CC1. The molecule has 0 radical (unpaired) electrons. The average Bonchev–Trinajstić information content (AvgIpc) is 3.31. The van der Waals surface area contributed by atoms with Crippen molar-refractivity contribution in [2.45, 2.75) is 55.9 Å². The maximum Gasteiger partial charge on any atom is 0.0108 e. The average molecular weight is 270 g/mol. The molecule has 1 atom stereocenters. The van der Waals surface area contributed by atoms with Gasteiger partial charge in [0.15, 0.2) is 0 Å². The van der Waals surface area contributed by atoms with E-state index in [2.05, 4.69) is 36.1 Å². The maximum absolute atomic E-state index is 6.20. The van der Waals surface area contributed by atoms with Crippen molar-refractivity contribution in [3.05, 3.63) is 35.4 Å². The van der Waals surface area contributed by atoms with Gasteiger partial charge in [0.1, 0.15) is 0 Å². The number of hydrogen-bond acceptors (Lipinski definition) is 2. The predicted molar refractivity (Wildman–Crippen MR) is 83.0 cm³/mol. The van der Waals surface area contributed by atoms with E-state index in [1.165, 1.54) is 57.3 Å². The van der Waals surface area contributed by atoms with Crippen LogP contribution in [0.25, 0.3) is 0 Å². The quantitative estimate of drug-likeness (QED) is 0.915. The van der Waals surface area contributed by atoms with Crippen molar-refractivity contribution in [3.8, 4) is 0 Å². The Hall–Kier alpha value is -0.860. The largest absolute Gasteiger partial charge is 0.327 e. The number of piperidine rings is 3. The van der Waals surface area contributed by atoms with Gasteiger partial charge in [-0.2, -0.15) is 0 Å². The lowest BCUT2D eigenvalue weighted by atomic mass is 9.67. The smallest absolute Gasteiger partial charge is 0.0108 e. The molecule has 108 valence electrons. The van der Waals surface area contributed by atoms with Crippen molar-refractivity contribution in [2.75, 3.05) is 19.6 Å². The number of benzene rings is 1. The Bertz CT molecular complexity index is 477. The highest BCUT2D eigenvalue weighted by Crippen LogP contribution is 2.51. The molecule has 20 heavy (non-hydrogen) atoms. The van der Waals surface area contributed by atoms with Gasteiger partial charge in [0.2, 0.25) is 0 Å².